The second-order valence-corrected chi connectivity index (χ2v) is 8.50. The van der Waals surface area contributed by atoms with Gasteiger partial charge in [0.25, 0.3) is 5.91 Å². The fourth-order valence-corrected chi connectivity index (χ4v) is 3.87. The Hall–Kier alpha value is -3.72. The van der Waals surface area contributed by atoms with Crippen molar-refractivity contribution in [1.29, 1.82) is 0 Å². The molecule has 8 nitrogen and oxygen atoms in total. The maximum absolute atomic E-state index is 13.1. The molecule has 1 atom stereocenters. The highest BCUT2D eigenvalue weighted by Gasteiger charge is 2.26. The molecule has 1 aromatic heterocycles. The standard InChI is InChI=1S/C27H31FN4O4/c1-3-34-15-4-16-35-22-11-7-21(8-12-22)30-27(33)26-29-19(2)17-25(31-26)32-14-13-24(18-32)36-23-9-5-20(28)6-10-23/h5-12,17,24H,3-4,13-16,18H2,1-2H3,(H,30,33). The van der Waals surface area contributed by atoms with E-state index in [2.05, 4.69) is 20.2 Å². The molecule has 1 N–H and O–H groups in total. The Balaban J connectivity index is 1.33. The van der Waals surface area contributed by atoms with Crippen molar-refractivity contribution in [3.05, 3.63) is 71.9 Å². The van der Waals surface area contributed by atoms with Gasteiger partial charge in [0.1, 0.15) is 29.2 Å². The van der Waals surface area contributed by atoms with E-state index in [1.54, 1.807) is 24.3 Å². The van der Waals surface area contributed by atoms with Crippen molar-refractivity contribution in [3.63, 3.8) is 0 Å². The number of hydrogen-bond donors (Lipinski definition) is 1. The zero-order valence-electron chi connectivity index (χ0n) is 20.6. The Kier molecular flexibility index (Phi) is 8.67. The van der Waals surface area contributed by atoms with Crippen molar-refractivity contribution < 1.29 is 23.4 Å². The van der Waals surface area contributed by atoms with Crippen LogP contribution in [-0.4, -0.2) is 54.9 Å². The monoisotopic (exact) mass is 494 g/mol. The van der Waals surface area contributed by atoms with Crippen molar-refractivity contribution >= 4 is 17.4 Å². The quantitative estimate of drug-likeness (QED) is 0.389. The predicted octanol–water partition coefficient (Wildman–Crippen LogP) is 4.64. The summed E-state index contributed by atoms with van der Waals surface area (Å²) in [6.45, 7) is 7.08. The summed E-state index contributed by atoms with van der Waals surface area (Å²) in [6, 6.07) is 15.0. The zero-order chi connectivity index (χ0) is 25.3. The third-order valence-electron chi connectivity index (χ3n) is 5.65. The third kappa shape index (κ3) is 7.14. The van der Waals surface area contributed by atoms with Crippen molar-refractivity contribution in [2.45, 2.75) is 32.8 Å². The van der Waals surface area contributed by atoms with Crippen LogP contribution in [-0.2, 0) is 4.74 Å². The number of carbonyl (C=O) groups excluding carboxylic acids is 1. The molecule has 0 bridgehead atoms. The van der Waals surface area contributed by atoms with Crippen LogP contribution in [0.1, 0.15) is 36.1 Å². The highest BCUT2D eigenvalue weighted by Crippen LogP contribution is 2.23. The Morgan fingerprint density at radius 1 is 1.08 bits per heavy atom. The molecule has 0 radical (unpaired) electrons. The highest BCUT2D eigenvalue weighted by atomic mass is 19.1. The number of halogens is 1. The molecule has 1 fully saturated rings. The van der Waals surface area contributed by atoms with Gasteiger partial charge in [0.2, 0.25) is 5.82 Å². The van der Waals surface area contributed by atoms with Crippen molar-refractivity contribution in [1.82, 2.24) is 9.97 Å². The van der Waals surface area contributed by atoms with Crippen molar-refractivity contribution in [2.24, 2.45) is 0 Å². The molecular weight excluding hydrogens is 463 g/mol. The van der Waals surface area contributed by atoms with Crippen LogP contribution in [0, 0.1) is 12.7 Å². The molecule has 2 heterocycles. The van der Waals surface area contributed by atoms with E-state index >= 15 is 0 Å². The van der Waals surface area contributed by atoms with Gasteiger partial charge in [-0.05, 0) is 62.4 Å². The lowest BCUT2D eigenvalue weighted by atomic mass is 10.3. The number of rotatable bonds is 11. The van der Waals surface area contributed by atoms with Crippen LogP contribution in [0.15, 0.2) is 54.6 Å². The van der Waals surface area contributed by atoms with Crippen LogP contribution in [0.2, 0.25) is 0 Å². The second kappa shape index (κ2) is 12.3. The van der Waals surface area contributed by atoms with Gasteiger partial charge in [-0.3, -0.25) is 4.79 Å². The molecule has 2 aromatic carbocycles. The maximum atomic E-state index is 13.1. The summed E-state index contributed by atoms with van der Waals surface area (Å²) in [5.41, 5.74) is 1.33. The number of hydrogen-bond acceptors (Lipinski definition) is 7. The smallest absolute Gasteiger partial charge is 0.293 e. The largest absolute Gasteiger partial charge is 0.494 e. The van der Waals surface area contributed by atoms with Crippen LogP contribution in [0.4, 0.5) is 15.9 Å². The molecule has 0 spiro atoms. The molecule has 1 amide bonds. The fourth-order valence-electron chi connectivity index (χ4n) is 3.87. The molecule has 0 saturated carbocycles. The molecule has 9 heteroatoms. The lowest BCUT2D eigenvalue weighted by molar-refractivity contribution is 0.101. The molecule has 3 aromatic rings. The number of nitrogens with one attached hydrogen (secondary N) is 1. The molecule has 190 valence electrons. The second-order valence-electron chi connectivity index (χ2n) is 8.50. The minimum Gasteiger partial charge on any atom is -0.494 e. The summed E-state index contributed by atoms with van der Waals surface area (Å²) in [4.78, 5) is 23.8. The predicted molar refractivity (Wildman–Crippen MR) is 135 cm³/mol. The summed E-state index contributed by atoms with van der Waals surface area (Å²) < 4.78 is 30.1. The molecule has 1 aliphatic rings. The summed E-state index contributed by atoms with van der Waals surface area (Å²) >= 11 is 0. The van der Waals surface area contributed by atoms with Gasteiger partial charge in [-0.15, -0.1) is 0 Å². The van der Waals surface area contributed by atoms with Crippen molar-refractivity contribution in [3.8, 4) is 11.5 Å². The molecular formula is C27H31FN4O4. The van der Waals surface area contributed by atoms with E-state index in [0.717, 1.165) is 25.1 Å². The number of benzene rings is 2. The molecule has 0 aliphatic carbocycles. The van der Waals surface area contributed by atoms with Gasteiger partial charge in [0.15, 0.2) is 0 Å². The van der Waals surface area contributed by atoms with Gasteiger partial charge in [-0.25, -0.2) is 14.4 Å². The number of ether oxygens (including phenoxy) is 3. The lowest BCUT2D eigenvalue weighted by Crippen LogP contribution is -2.26. The zero-order valence-corrected chi connectivity index (χ0v) is 20.6. The average molecular weight is 495 g/mol. The van der Waals surface area contributed by atoms with Crippen molar-refractivity contribution in [2.75, 3.05) is 43.1 Å². The van der Waals surface area contributed by atoms with Crippen LogP contribution in [0.3, 0.4) is 0 Å². The van der Waals surface area contributed by atoms with E-state index < -0.39 is 0 Å². The average Bonchev–Trinajstić information content (AvgIpc) is 3.34. The van der Waals surface area contributed by atoms with Crippen LogP contribution < -0.4 is 19.7 Å². The first-order valence-electron chi connectivity index (χ1n) is 12.1. The minimum absolute atomic E-state index is 0.0529. The molecule has 1 saturated heterocycles. The molecule has 1 unspecified atom stereocenters. The van der Waals surface area contributed by atoms with E-state index in [1.165, 1.54) is 12.1 Å². The van der Waals surface area contributed by atoms with E-state index in [-0.39, 0.29) is 23.7 Å². The number of carbonyl (C=O) groups is 1. The van der Waals surface area contributed by atoms with Crippen LogP contribution >= 0.6 is 0 Å². The van der Waals surface area contributed by atoms with Gasteiger partial charge in [-0.2, -0.15) is 0 Å². The van der Waals surface area contributed by atoms with Crippen LogP contribution in [0.5, 0.6) is 11.5 Å². The van der Waals surface area contributed by atoms with Gasteiger partial charge in [0.05, 0.1) is 13.2 Å². The molecule has 1 aliphatic heterocycles. The lowest BCUT2D eigenvalue weighted by Gasteiger charge is -2.19. The minimum atomic E-state index is -0.386. The highest BCUT2D eigenvalue weighted by molar-refractivity contribution is 6.01. The van der Waals surface area contributed by atoms with Crippen LogP contribution in [0.25, 0.3) is 0 Å². The third-order valence-corrected chi connectivity index (χ3v) is 5.65. The van der Waals surface area contributed by atoms with E-state index in [1.807, 2.05) is 32.0 Å². The Morgan fingerprint density at radius 3 is 2.58 bits per heavy atom. The number of aryl methyl sites for hydroxylation is 1. The summed E-state index contributed by atoms with van der Waals surface area (Å²) in [5, 5.41) is 2.85. The van der Waals surface area contributed by atoms with E-state index in [9.17, 15) is 9.18 Å². The summed E-state index contributed by atoms with van der Waals surface area (Å²) in [7, 11) is 0. The number of nitrogens with zero attached hydrogens (tertiary/aromatic N) is 3. The normalized spacial score (nSPS) is 15.1. The maximum Gasteiger partial charge on any atom is 0.293 e. The first-order chi connectivity index (χ1) is 17.5. The topological polar surface area (TPSA) is 85.8 Å². The van der Waals surface area contributed by atoms with E-state index in [0.29, 0.717) is 49.3 Å². The van der Waals surface area contributed by atoms with Gasteiger partial charge < -0.3 is 24.4 Å². The van der Waals surface area contributed by atoms with Gasteiger partial charge in [-0.1, -0.05) is 0 Å². The summed E-state index contributed by atoms with van der Waals surface area (Å²) in [6.07, 6.45) is 1.56. The number of aromatic nitrogens is 2. The molecule has 4 rings (SSSR count). The Bertz CT molecular complexity index is 1140. The van der Waals surface area contributed by atoms with Gasteiger partial charge >= 0.3 is 0 Å². The first kappa shape index (κ1) is 25.4. The Morgan fingerprint density at radius 2 is 1.83 bits per heavy atom. The SMILES string of the molecule is CCOCCCOc1ccc(NC(=O)c2nc(C)cc(N3CCC(Oc4ccc(F)cc4)C3)n2)cc1. The fraction of sp³-hybridized carbons (Fsp3) is 0.370. The van der Waals surface area contributed by atoms with Gasteiger partial charge in [0, 0.05) is 50.0 Å². The summed E-state index contributed by atoms with van der Waals surface area (Å²) in [5.74, 6) is 1.45. The molecule has 36 heavy (non-hydrogen) atoms. The van der Waals surface area contributed by atoms with E-state index in [4.69, 9.17) is 14.2 Å². The Labute approximate surface area is 210 Å². The first-order valence-corrected chi connectivity index (χ1v) is 12.1. The number of amides is 1. The number of anilines is 2.